The predicted octanol–water partition coefficient (Wildman–Crippen LogP) is 5.02. The van der Waals surface area contributed by atoms with Crippen LogP contribution in [-0.2, 0) is 9.84 Å². The Labute approximate surface area is 207 Å². The van der Waals surface area contributed by atoms with E-state index in [2.05, 4.69) is 5.32 Å². The fourth-order valence-electron chi connectivity index (χ4n) is 3.25. The predicted molar refractivity (Wildman–Crippen MR) is 124 cm³/mol. The Bertz CT molecular complexity index is 1510. The molecule has 0 fully saturated rings. The van der Waals surface area contributed by atoms with Crippen LogP contribution in [0.4, 0.5) is 33.3 Å². The maximum Gasteiger partial charge on any atom is 0.258 e. The number of benzene rings is 3. The van der Waals surface area contributed by atoms with Crippen molar-refractivity contribution in [2.75, 3.05) is 16.4 Å². The van der Waals surface area contributed by atoms with Gasteiger partial charge in [0.1, 0.15) is 11.6 Å². The Morgan fingerprint density at radius 2 is 1.49 bits per heavy atom. The lowest BCUT2D eigenvalue weighted by Gasteiger charge is -2.13. The minimum atomic E-state index is -3.68. The summed E-state index contributed by atoms with van der Waals surface area (Å²) in [7, 11) is -3.68. The highest BCUT2D eigenvalue weighted by Gasteiger charge is 2.24. The second-order valence-corrected chi connectivity index (χ2v) is 10.3. The maximum absolute atomic E-state index is 14.6. The smallest absolute Gasteiger partial charge is 0.258 e. The molecule has 0 aliphatic carbocycles. The van der Waals surface area contributed by atoms with Crippen molar-refractivity contribution in [2.45, 2.75) is 18.7 Å². The summed E-state index contributed by atoms with van der Waals surface area (Å²) in [5, 5.41) is 14.2. The van der Waals surface area contributed by atoms with Gasteiger partial charge in [-0.2, -0.15) is 0 Å². The molecule has 0 bridgehead atoms. The van der Waals surface area contributed by atoms with Gasteiger partial charge in [0.2, 0.25) is 0 Å². The van der Waals surface area contributed by atoms with Gasteiger partial charge in [-0.1, -0.05) is 19.9 Å². The fraction of sp³-hybridized carbons (Fsp3) is 0.167. The van der Waals surface area contributed by atoms with Gasteiger partial charge in [-0.3, -0.25) is 9.59 Å². The summed E-state index contributed by atoms with van der Waals surface area (Å²) in [6.07, 6.45) is 0. The van der Waals surface area contributed by atoms with Gasteiger partial charge in [-0.15, -0.1) is 0 Å². The molecule has 196 valence electrons. The summed E-state index contributed by atoms with van der Waals surface area (Å²) >= 11 is 0. The Morgan fingerprint density at radius 3 is 2.14 bits per heavy atom. The van der Waals surface area contributed by atoms with Crippen LogP contribution in [0.15, 0.2) is 47.4 Å². The summed E-state index contributed by atoms with van der Waals surface area (Å²) in [6.45, 7) is 3.43. The van der Waals surface area contributed by atoms with Crippen LogP contribution in [0.5, 0.6) is 5.75 Å². The second kappa shape index (κ2) is 10.5. The van der Waals surface area contributed by atoms with E-state index in [0.29, 0.717) is 12.1 Å². The number of hydrogen-bond donors (Lipinski definition) is 3. The van der Waals surface area contributed by atoms with Crippen LogP contribution in [0.1, 0.15) is 34.6 Å². The number of carbonyl (C=O) groups is 2. The lowest BCUT2D eigenvalue weighted by atomic mass is 10.1. The van der Waals surface area contributed by atoms with E-state index in [0.717, 1.165) is 6.07 Å². The first-order valence-corrected chi connectivity index (χ1v) is 12.2. The molecule has 0 spiro atoms. The minimum Gasteiger partial charge on any atom is -0.506 e. The van der Waals surface area contributed by atoms with Gasteiger partial charge >= 0.3 is 0 Å². The first-order valence-electron chi connectivity index (χ1n) is 10.5. The van der Waals surface area contributed by atoms with Crippen LogP contribution < -0.4 is 10.6 Å². The van der Waals surface area contributed by atoms with Crippen molar-refractivity contribution in [3.05, 3.63) is 82.7 Å². The number of halogens is 5. The van der Waals surface area contributed by atoms with Gasteiger partial charge in [0.15, 0.2) is 33.1 Å². The van der Waals surface area contributed by atoms with Crippen molar-refractivity contribution < 1.29 is 45.1 Å². The second-order valence-electron chi connectivity index (χ2n) is 8.31. The monoisotopic (exact) mass is 542 g/mol. The molecule has 3 aromatic carbocycles. The molecule has 0 heterocycles. The molecule has 7 nitrogen and oxygen atoms in total. The molecule has 3 aromatic rings. The molecule has 3 rings (SSSR count). The third kappa shape index (κ3) is 6.05. The van der Waals surface area contributed by atoms with Crippen molar-refractivity contribution >= 4 is 33.0 Å². The normalized spacial score (nSPS) is 11.5. The minimum absolute atomic E-state index is 0.0743. The average molecular weight is 542 g/mol. The van der Waals surface area contributed by atoms with E-state index in [1.807, 2.05) is 0 Å². The zero-order valence-electron chi connectivity index (χ0n) is 19.2. The summed E-state index contributed by atoms with van der Waals surface area (Å²) < 4.78 is 93.2. The van der Waals surface area contributed by atoms with Crippen LogP contribution in [0.2, 0.25) is 0 Å². The fourth-order valence-corrected chi connectivity index (χ4v) is 4.91. The summed E-state index contributed by atoms with van der Waals surface area (Å²) in [5.41, 5.74) is -2.61. The average Bonchev–Trinajstić information content (AvgIpc) is 2.82. The van der Waals surface area contributed by atoms with Gasteiger partial charge in [0.25, 0.3) is 11.8 Å². The number of carbonyl (C=O) groups excluding carboxylic acids is 2. The molecule has 0 radical (unpaired) electrons. The van der Waals surface area contributed by atoms with Gasteiger partial charge in [0, 0.05) is 17.7 Å². The Morgan fingerprint density at radius 1 is 0.838 bits per heavy atom. The van der Waals surface area contributed by atoms with Gasteiger partial charge in [-0.05, 0) is 30.2 Å². The molecule has 13 heteroatoms. The van der Waals surface area contributed by atoms with E-state index < -0.39 is 73.4 Å². The molecular formula is C24H19F5N2O5S. The van der Waals surface area contributed by atoms with Gasteiger partial charge in [0.05, 0.1) is 27.6 Å². The molecule has 0 aliphatic heterocycles. The number of amides is 2. The molecule has 0 unspecified atom stereocenters. The number of sulfone groups is 1. The van der Waals surface area contributed by atoms with E-state index in [4.69, 9.17) is 0 Å². The Hall–Kier alpha value is -4.00. The molecule has 0 saturated carbocycles. The summed E-state index contributed by atoms with van der Waals surface area (Å²) in [5.74, 6) is -13.0. The molecule has 0 aliphatic rings. The number of phenols is 1. The van der Waals surface area contributed by atoms with Crippen molar-refractivity contribution in [3.63, 3.8) is 0 Å². The standard InChI is InChI=1S/C24H19F5N2O5S/c1-11(2)10-37(35,36)13-5-3-4-12(6-13)23(33)31-18-8-15(25)17(9-19(18)32)30-24(34)14-7-16(26)21(28)22(29)20(14)27/h3-9,11,32H,10H2,1-2H3,(H,30,34)(H,31,33). The van der Waals surface area contributed by atoms with E-state index in [-0.39, 0.29) is 28.2 Å². The number of rotatable bonds is 7. The first kappa shape index (κ1) is 27.6. The third-order valence-electron chi connectivity index (χ3n) is 4.94. The highest BCUT2D eigenvalue weighted by Crippen LogP contribution is 2.31. The summed E-state index contributed by atoms with van der Waals surface area (Å²) in [6, 6.07) is 6.34. The molecule has 0 saturated heterocycles. The van der Waals surface area contributed by atoms with Crippen LogP contribution in [0.25, 0.3) is 0 Å². The largest absolute Gasteiger partial charge is 0.506 e. The highest BCUT2D eigenvalue weighted by atomic mass is 32.2. The van der Waals surface area contributed by atoms with Crippen LogP contribution in [-0.4, -0.2) is 31.1 Å². The summed E-state index contributed by atoms with van der Waals surface area (Å²) in [4.78, 5) is 24.7. The van der Waals surface area contributed by atoms with Gasteiger partial charge < -0.3 is 15.7 Å². The number of hydrogen-bond acceptors (Lipinski definition) is 5. The number of anilines is 2. The number of phenolic OH excluding ortho intramolecular Hbond substituents is 1. The van der Waals surface area contributed by atoms with Crippen molar-refractivity contribution in [3.8, 4) is 5.75 Å². The maximum atomic E-state index is 14.6. The third-order valence-corrected chi connectivity index (χ3v) is 7.01. The van der Waals surface area contributed by atoms with Crippen LogP contribution >= 0.6 is 0 Å². The molecule has 0 aromatic heterocycles. The first-order chi connectivity index (χ1) is 17.2. The molecule has 3 N–H and O–H groups in total. The number of nitrogens with one attached hydrogen (secondary N) is 2. The molecule has 0 atom stereocenters. The van der Waals surface area contributed by atoms with E-state index in [1.54, 1.807) is 19.2 Å². The van der Waals surface area contributed by atoms with E-state index in [9.17, 15) is 45.1 Å². The van der Waals surface area contributed by atoms with Crippen molar-refractivity contribution in [2.24, 2.45) is 5.92 Å². The lowest BCUT2D eigenvalue weighted by molar-refractivity contribution is 0.101. The molecule has 2 amide bonds. The van der Waals surface area contributed by atoms with Gasteiger partial charge in [-0.25, -0.2) is 30.4 Å². The zero-order chi connectivity index (χ0) is 27.7. The quantitative estimate of drug-likeness (QED) is 0.168. The lowest BCUT2D eigenvalue weighted by Crippen LogP contribution is -2.18. The van der Waals surface area contributed by atoms with Crippen molar-refractivity contribution in [1.82, 2.24) is 0 Å². The zero-order valence-corrected chi connectivity index (χ0v) is 20.0. The van der Waals surface area contributed by atoms with E-state index >= 15 is 0 Å². The highest BCUT2D eigenvalue weighted by molar-refractivity contribution is 7.91. The van der Waals surface area contributed by atoms with Crippen molar-refractivity contribution in [1.29, 1.82) is 0 Å². The molecule has 37 heavy (non-hydrogen) atoms. The SMILES string of the molecule is CC(C)CS(=O)(=O)c1cccc(C(=O)Nc2cc(F)c(NC(=O)c3cc(F)c(F)c(F)c3F)cc2O)c1. The van der Waals surface area contributed by atoms with E-state index in [1.165, 1.54) is 18.2 Å². The van der Waals surface area contributed by atoms with Crippen LogP contribution in [0.3, 0.4) is 0 Å². The topological polar surface area (TPSA) is 113 Å². The Balaban J connectivity index is 1.83. The van der Waals surface area contributed by atoms with Crippen LogP contribution in [0, 0.1) is 35.0 Å². The Kier molecular flexibility index (Phi) is 7.86. The number of aromatic hydroxyl groups is 1. The molecular weight excluding hydrogens is 523 g/mol.